The Labute approximate surface area is 79.0 Å². The number of nitrogens with one attached hydrogen (secondary N) is 1. The molecule has 3 N–H and O–H groups in total. The normalized spacial score (nSPS) is 38.9. The van der Waals surface area contributed by atoms with Gasteiger partial charge in [0.15, 0.2) is 0 Å². The molecular weight excluding hydrogens is 164 g/mol. The minimum atomic E-state index is 0.236. The molecule has 0 saturated carbocycles. The lowest BCUT2D eigenvalue weighted by molar-refractivity contribution is 0.0861. The molecule has 0 radical (unpaired) electrons. The van der Waals surface area contributed by atoms with Crippen LogP contribution in [0.25, 0.3) is 0 Å². The van der Waals surface area contributed by atoms with Crippen LogP contribution in [0, 0.1) is 18.3 Å². The molecule has 2 aliphatic heterocycles. The zero-order chi connectivity index (χ0) is 9.26. The molecule has 4 atom stereocenters. The van der Waals surface area contributed by atoms with E-state index in [0.29, 0.717) is 24.5 Å². The fraction of sp³-hybridized carbons (Fsp3) is 0.800. The number of hydrazine groups is 1. The van der Waals surface area contributed by atoms with Gasteiger partial charge in [0, 0.05) is 18.4 Å². The third-order valence-electron chi connectivity index (χ3n) is 3.22. The Kier molecular flexibility index (Phi) is 2.54. The van der Waals surface area contributed by atoms with E-state index in [0.717, 1.165) is 6.42 Å². The number of ether oxygens (including phenoxy) is 1. The average Bonchev–Trinajstić information content (AvgIpc) is 2.74. The van der Waals surface area contributed by atoms with Gasteiger partial charge in [-0.3, -0.25) is 11.3 Å². The number of terminal acetylenes is 1. The van der Waals surface area contributed by atoms with Gasteiger partial charge >= 0.3 is 0 Å². The van der Waals surface area contributed by atoms with E-state index < -0.39 is 0 Å². The van der Waals surface area contributed by atoms with E-state index in [1.54, 1.807) is 0 Å². The van der Waals surface area contributed by atoms with Crippen molar-refractivity contribution in [1.82, 2.24) is 5.43 Å². The van der Waals surface area contributed by atoms with E-state index in [1.165, 1.54) is 12.8 Å². The van der Waals surface area contributed by atoms with Crippen molar-refractivity contribution in [3.05, 3.63) is 0 Å². The third-order valence-corrected chi connectivity index (χ3v) is 3.22. The highest BCUT2D eigenvalue weighted by atomic mass is 16.5. The Bertz CT molecular complexity index is 223. The van der Waals surface area contributed by atoms with Gasteiger partial charge < -0.3 is 4.74 Å². The van der Waals surface area contributed by atoms with Gasteiger partial charge in [-0.1, -0.05) is 0 Å². The number of hydrogen-bond donors (Lipinski definition) is 2. The first-order chi connectivity index (χ1) is 6.35. The second-order valence-electron chi connectivity index (χ2n) is 3.95. The second-order valence-corrected chi connectivity index (χ2v) is 3.95. The summed E-state index contributed by atoms with van der Waals surface area (Å²) in [6.07, 6.45) is 10.4. The summed E-state index contributed by atoms with van der Waals surface area (Å²) in [4.78, 5) is 0. The van der Waals surface area contributed by atoms with Gasteiger partial charge in [0.2, 0.25) is 0 Å². The number of hydrogen-bond acceptors (Lipinski definition) is 3. The summed E-state index contributed by atoms with van der Waals surface area (Å²) in [7, 11) is 0. The maximum absolute atomic E-state index is 5.75. The topological polar surface area (TPSA) is 47.3 Å². The minimum absolute atomic E-state index is 0.236. The molecule has 2 bridgehead atoms. The summed E-state index contributed by atoms with van der Waals surface area (Å²) < 4.78 is 5.75. The molecule has 4 unspecified atom stereocenters. The Morgan fingerprint density at radius 2 is 2.46 bits per heavy atom. The molecule has 0 aromatic heterocycles. The van der Waals surface area contributed by atoms with E-state index in [1.807, 2.05) is 0 Å². The van der Waals surface area contributed by atoms with Gasteiger partial charge in [0.1, 0.15) is 0 Å². The highest BCUT2D eigenvalue weighted by Gasteiger charge is 2.43. The molecule has 2 saturated heterocycles. The molecule has 3 nitrogen and oxygen atoms in total. The van der Waals surface area contributed by atoms with E-state index in [2.05, 4.69) is 11.3 Å². The molecule has 0 aliphatic carbocycles. The molecule has 72 valence electrons. The van der Waals surface area contributed by atoms with Crippen LogP contribution in [-0.4, -0.2) is 18.2 Å². The van der Waals surface area contributed by atoms with Crippen LogP contribution < -0.4 is 11.3 Å². The maximum Gasteiger partial charge on any atom is 0.0624 e. The lowest BCUT2D eigenvalue weighted by Gasteiger charge is -2.26. The molecule has 2 heterocycles. The van der Waals surface area contributed by atoms with Crippen molar-refractivity contribution in [2.75, 3.05) is 0 Å². The quantitative estimate of drug-likeness (QED) is 0.376. The number of nitrogens with two attached hydrogens (primary N) is 1. The summed E-state index contributed by atoms with van der Waals surface area (Å²) in [5, 5.41) is 0. The Morgan fingerprint density at radius 1 is 1.62 bits per heavy atom. The van der Waals surface area contributed by atoms with Crippen LogP contribution in [0.3, 0.4) is 0 Å². The van der Waals surface area contributed by atoms with Crippen LogP contribution in [0.15, 0.2) is 0 Å². The lowest BCUT2D eigenvalue weighted by atomic mass is 9.83. The predicted molar refractivity (Wildman–Crippen MR) is 50.6 cm³/mol. The fourth-order valence-corrected chi connectivity index (χ4v) is 2.56. The molecule has 0 amide bonds. The molecule has 3 heteroatoms. The Hall–Kier alpha value is -0.560. The lowest BCUT2D eigenvalue weighted by Crippen LogP contribution is -2.44. The smallest absolute Gasteiger partial charge is 0.0624 e. The zero-order valence-electron chi connectivity index (χ0n) is 7.70. The second kappa shape index (κ2) is 3.67. The van der Waals surface area contributed by atoms with Crippen molar-refractivity contribution in [1.29, 1.82) is 0 Å². The molecule has 0 aromatic rings. The van der Waals surface area contributed by atoms with Crippen molar-refractivity contribution in [2.24, 2.45) is 11.8 Å². The van der Waals surface area contributed by atoms with Crippen molar-refractivity contribution in [2.45, 2.75) is 43.9 Å². The van der Waals surface area contributed by atoms with Crippen LogP contribution in [-0.2, 0) is 4.74 Å². The van der Waals surface area contributed by atoms with Crippen LogP contribution >= 0.6 is 0 Å². The van der Waals surface area contributed by atoms with Gasteiger partial charge in [-0.25, -0.2) is 0 Å². The summed E-state index contributed by atoms with van der Waals surface area (Å²) in [5.41, 5.74) is 2.81. The number of rotatable bonds is 3. The monoisotopic (exact) mass is 180 g/mol. The largest absolute Gasteiger partial charge is 0.375 e. The Balaban J connectivity index is 1.96. The van der Waals surface area contributed by atoms with E-state index in [9.17, 15) is 0 Å². The molecule has 13 heavy (non-hydrogen) atoms. The SMILES string of the molecule is C#CCC(NN)C1CC2CCC1O2. The zero-order valence-corrected chi connectivity index (χ0v) is 7.70. The molecule has 2 aliphatic rings. The Morgan fingerprint density at radius 3 is 2.92 bits per heavy atom. The van der Waals surface area contributed by atoms with Gasteiger partial charge in [-0.15, -0.1) is 12.3 Å². The van der Waals surface area contributed by atoms with Crippen LogP contribution in [0.2, 0.25) is 0 Å². The summed E-state index contributed by atoms with van der Waals surface area (Å²) in [5.74, 6) is 8.65. The third kappa shape index (κ3) is 1.58. The predicted octanol–water partition coefficient (Wildman–Crippen LogP) is 0.409. The molecule has 2 fully saturated rings. The molecular formula is C10H16N2O. The minimum Gasteiger partial charge on any atom is -0.375 e. The molecule has 2 rings (SSSR count). The van der Waals surface area contributed by atoms with Gasteiger partial charge in [-0.2, -0.15) is 0 Å². The van der Waals surface area contributed by atoms with Crippen molar-refractivity contribution < 1.29 is 4.74 Å². The fourth-order valence-electron chi connectivity index (χ4n) is 2.56. The van der Waals surface area contributed by atoms with Crippen LogP contribution in [0.5, 0.6) is 0 Å². The van der Waals surface area contributed by atoms with Gasteiger partial charge in [-0.05, 0) is 19.3 Å². The van der Waals surface area contributed by atoms with Crippen molar-refractivity contribution in [3.8, 4) is 12.3 Å². The number of fused-ring (bicyclic) bond motifs is 2. The van der Waals surface area contributed by atoms with Crippen molar-refractivity contribution >= 4 is 0 Å². The van der Waals surface area contributed by atoms with Crippen molar-refractivity contribution in [3.63, 3.8) is 0 Å². The highest BCUT2D eigenvalue weighted by Crippen LogP contribution is 2.40. The van der Waals surface area contributed by atoms with E-state index >= 15 is 0 Å². The molecule has 0 spiro atoms. The first kappa shape index (κ1) is 9.01. The first-order valence-electron chi connectivity index (χ1n) is 4.90. The first-order valence-corrected chi connectivity index (χ1v) is 4.90. The van der Waals surface area contributed by atoms with Gasteiger partial charge in [0.25, 0.3) is 0 Å². The summed E-state index contributed by atoms with van der Waals surface area (Å²) in [6, 6.07) is 0.236. The van der Waals surface area contributed by atoms with Gasteiger partial charge in [0.05, 0.1) is 12.2 Å². The standard InChI is InChI=1S/C10H16N2O/c1-2-3-9(12-11)8-6-7-4-5-10(8)13-7/h1,7-10,12H,3-6,11H2. The van der Waals surface area contributed by atoms with E-state index in [4.69, 9.17) is 17.0 Å². The van der Waals surface area contributed by atoms with Crippen LogP contribution in [0.4, 0.5) is 0 Å². The maximum atomic E-state index is 5.75. The summed E-state index contributed by atoms with van der Waals surface area (Å²) >= 11 is 0. The van der Waals surface area contributed by atoms with E-state index in [-0.39, 0.29) is 6.04 Å². The average molecular weight is 180 g/mol. The summed E-state index contributed by atoms with van der Waals surface area (Å²) in [6.45, 7) is 0. The molecule has 0 aromatic carbocycles. The van der Waals surface area contributed by atoms with Crippen LogP contribution in [0.1, 0.15) is 25.7 Å². The highest BCUT2D eigenvalue weighted by molar-refractivity contribution is 4.99.